The van der Waals surface area contributed by atoms with Crippen molar-refractivity contribution < 1.29 is 18.3 Å². The highest BCUT2D eigenvalue weighted by Crippen LogP contribution is 2.35. The molecule has 1 atom stereocenters. The fourth-order valence-corrected chi connectivity index (χ4v) is 0.645. The molecule has 2 nitrogen and oxygen atoms in total. The van der Waals surface area contributed by atoms with E-state index in [0.29, 0.717) is 0 Å². The van der Waals surface area contributed by atoms with E-state index in [9.17, 15) is 8.78 Å². The molecule has 1 aliphatic heterocycles. The third-order valence-corrected chi connectivity index (χ3v) is 1.37. The van der Waals surface area contributed by atoms with Gasteiger partial charge in [-0.25, -0.2) is 0 Å². The van der Waals surface area contributed by atoms with Crippen LogP contribution in [0.1, 0.15) is 6.92 Å². The molecule has 1 unspecified atom stereocenters. The molecule has 52 valence electrons. The third kappa shape index (κ3) is 1.30. The van der Waals surface area contributed by atoms with Gasteiger partial charge in [-0.3, -0.25) is 0 Å². The van der Waals surface area contributed by atoms with Crippen LogP contribution < -0.4 is 0 Å². The number of allylic oxidation sites excluding steroid dienone is 1. The molecule has 0 radical (unpaired) electrons. The molecule has 0 saturated carbocycles. The molecule has 0 aromatic carbocycles. The third-order valence-electron chi connectivity index (χ3n) is 0.848. The van der Waals surface area contributed by atoms with Gasteiger partial charge in [0.25, 0.3) is 0 Å². The van der Waals surface area contributed by atoms with Crippen molar-refractivity contribution in [2.24, 2.45) is 0 Å². The normalized spacial score (nSPS) is 23.6. The smallest absolute Gasteiger partial charge is 0.400 e. The second-order valence-electron chi connectivity index (χ2n) is 1.59. The molecule has 1 aliphatic rings. The maximum atomic E-state index is 11.9. The van der Waals surface area contributed by atoms with Gasteiger partial charge in [0.2, 0.25) is 0 Å². The van der Waals surface area contributed by atoms with Crippen molar-refractivity contribution >= 4 is 9.24 Å². The monoisotopic (exact) mass is 154 g/mol. The zero-order valence-corrected chi connectivity index (χ0v) is 5.80. The van der Waals surface area contributed by atoms with Gasteiger partial charge < -0.3 is 9.47 Å². The topological polar surface area (TPSA) is 18.5 Å². The number of rotatable bonds is 0. The maximum absolute atomic E-state index is 11.9. The summed E-state index contributed by atoms with van der Waals surface area (Å²) in [6.07, 6.45) is -3.46. The Morgan fingerprint density at radius 3 is 2.11 bits per heavy atom. The molecule has 0 saturated heterocycles. The largest absolute Gasteiger partial charge is 0.585 e. The SMILES string of the molecule is CC1=C(P)OC(F)(F)O1. The first-order chi connectivity index (χ1) is 4.01. The molecule has 0 fully saturated rings. The summed E-state index contributed by atoms with van der Waals surface area (Å²) in [6, 6.07) is 0. The zero-order chi connectivity index (χ0) is 7.07. The number of ether oxygens (including phenoxy) is 2. The van der Waals surface area contributed by atoms with Crippen molar-refractivity contribution in [3.63, 3.8) is 0 Å². The Labute approximate surface area is 53.0 Å². The predicted molar refractivity (Wildman–Crippen MR) is 29.5 cm³/mol. The molecule has 0 aromatic rings. The molecule has 0 N–H and O–H groups in total. The fourth-order valence-electron chi connectivity index (χ4n) is 0.449. The average Bonchev–Trinajstić information content (AvgIpc) is 1.79. The van der Waals surface area contributed by atoms with Crippen LogP contribution in [0.2, 0.25) is 0 Å². The summed E-state index contributed by atoms with van der Waals surface area (Å²) < 4.78 is 31.8. The summed E-state index contributed by atoms with van der Waals surface area (Å²) in [5.74, 6) is 0.102. The number of halogens is 2. The van der Waals surface area contributed by atoms with E-state index in [4.69, 9.17) is 0 Å². The lowest BCUT2D eigenvalue weighted by Gasteiger charge is -2.05. The van der Waals surface area contributed by atoms with Crippen molar-refractivity contribution in [3.05, 3.63) is 11.3 Å². The number of hydrogen-bond donors (Lipinski definition) is 0. The predicted octanol–water partition coefficient (Wildman–Crippen LogP) is 1.65. The lowest BCUT2D eigenvalue weighted by Crippen LogP contribution is -2.15. The van der Waals surface area contributed by atoms with Crippen LogP contribution in [0.5, 0.6) is 0 Å². The van der Waals surface area contributed by atoms with Gasteiger partial charge >= 0.3 is 6.29 Å². The van der Waals surface area contributed by atoms with Crippen molar-refractivity contribution in [1.29, 1.82) is 0 Å². The van der Waals surface area contributed by atoms with E-state index in [-0.39, 0.29) is 11.3 Å². The van der Waals surface area contributed by atoms with Gasteiger partial charge in [-0.05, 0) is 6.92 Å². The van der Waals surface area contributed by atoms with E-state index >= 15 is 0 Å². The first-order valence-corrected chi connectivity index (χ1v) is 2.81. The van der Waals surface area contributed by atoms with Crippen LogP contribution in [0.3, 0.4) is 0 Å². The Hall–Kier alpha value is -0.370. The van der Waals surface area contributed by atoms with Gasteiger partial charge in [-0.2, -0.15) is 0 Å². The minimum atomic E-state index is -3.46. The van der Waals surface area contributed by atoms with Crippen LogP contribution in [0, 0.1) is 0 Å². The first kappa shape index (κ1) is 6.75. The Balaban J connectivity index is 2.70. The van der Waals surface area contributed by atoms with E-state index in [1.54, 1.807) is 0 Å². The molecule has 5 heteroatoms. The fraction of sp³-hybridized carbons (Fsp3) is 0.500. The molecule has 0 bridgehead atoms. The quantitative estimate of drug-likeness (QED) is 0.494. The highest BCUT2D eigenvalue weighted by atomic mass is 31.0. The van der Waals surface area contributed by atoms with E-state index in [1.807, 2.05) is 9.24 Å². The summed E-state index contributed by atoms with van der Waals surface area (Å²) in [4.78, 5) is 0. The van der Waals surface area contributed by atoms with Crippen molar-refractivity contribution in [1.82, 2.24) is 0 Å². The molecule has 0 amide bonds. The van der Waals surface area contributed by atoms with Gasteiger partial charge in [-0.15, -0.1) is 8.78 Å². The molecule has 0 aromatic heterocycles. The minimum absolute atomic E-state index is 0.0556. The molecule has 9 heavy (non-hydrogen) atoms. The van der Waals surface area contributed by atoms with E-state index in [0.717, 1.165) is 0 Å². The highest BCUT2D eigenvalue weighted by Gasteiger charge is 2.41. The molecular weight excluding hydrogens is 149 g/mol. The molecule has 0 spiro atoms. The van der Waals surface area contributed by atoms with Gasteiger partial charge in [0, 0.05) is 0 Å². The Bertz CT molecular complexity index is 150. The lowest BCUT2D eigenvalue weighted by molar-refractivity contribution is -0.334. The Morgan fingerprint density at radius 2 is 2.00 bits per heavy atom. The van der Waals surface area contributed by atoms with Gasteiger partial charge in [-0.1, -0.05) is 9.24 Å². The maximum Gasteiger partial charge on any atom is 0.585 e. The van der Waals surface area contributed by atoms with Crippen LogP contribution in [-0.4, -0.2) is 6.29 Å². The van der Waals surface area contributed by atoms with Crippen molar-refractivity contribution in [2.75, 3.05) is 0 Å². The Morgan fingerprint density at radius 1 is 1.44 bits per heavy atom. The molecule has 0 aliphatic carbocycles. The Kier molecular flexibility index (Phi) is 1.35. The van der Waals surface area contributed by atoms with Crippen LogP contribution in [0.4, 0.5) is 8.78 Å². The zero-order valence-electron chi connectivity index (χ0n) is 4.65. The summed E-state index contributed by atoms with van der Waals surface area (Å²) in [5.41, 5.74) is 0.0556. The first-order valence-electron chi connectivity index (χ1n) is 2.23. The van der Waals surface area contributed by atoms with Crippen LogP contribution in [0.15, 0.2) is 11.3 Å². The standard InChI is InChI=1S/C4H5F2O2P/c1-2-3(9)8-4(5,6)7-2/h9H2,1H3. The van der Waals surface area contributed by atoms with Crippen molar-refractivity contribution in [2.45, 2.75) is 13.2 Å². The van der Waals surface area contributed by atoms with Gasteiger partial charge in [0.1, 0.15) is 5.76 Å². The van der Waals surface area contributed by atoms with Crippen molar-refractivity contribution in [3.8, 4) is 0 Å². The number of hydrogen-bond acceptors (Lipinski definition) is 2. The average molecular weight is 154 g/mol. The summed E-state index contributed by atoms with van der Waals surface area (Å²) in [7, 11) is 2.01. The minimum Gasteiger partial charge on any atom is -0.400 e. The van der Waals surface area contributed by atoms with Crippen LogP contribution >= 0.6 is 9.24 Å². The molecular formula is C4H5F2O2P. The van der Waals surface area contributed by atoms with E-state index in [2.05, 4.69) is 9.47 Å². The summed E-state index contributed by atoms with van der Waals surface area (Å²) in [5, 5.41) is 0. The molecule has 1 rings (SSSR count). The van der Waals surface area contributed by atoms with Crippen LogP contribution in [0.25, 0.3) is 0 Å². The second kappa shape index (κ2) is 1.81. The van der Waals surface area contributed by atoms with Gasteiger partial charge in [0.05, 0.1) is 0 Å². The highest BCUT2D eigenvalue weighted by molar-refractivity contribution is 7.22. The van der Waals surface area contributed by atoms with Crippen LogP contribution in [-0.2, 0) is 9.47 Å². The summed E-state index contributed by atoms with van der Waals surface area (Å²) in [6.45, 7) is 1.41. The van der Waals surface area contributed by atoms with Gasteiger partial charge in [0.15, 0.2) is 5.50 Å². The van der Waals surface area contributed by atoms with E-state index in [1.165, 1.54) is 6.92 Å². The van der Waals surface area contributed by atoms with E-state index < -0.39 is 6.29 Å². The summed E-state index contributed by atoms with van der Waals surface area (Å²) >= 11 is 0. The second-order valence-corrected chi connectivity index (χ2v) is 2.11. The molecule has 1 heterocycles. The lowest BCUT2D eigenvalue weighted by atomic mass is 10.6. The number of alkyl halides is 2.